The Kier molecular flexibility index (Phi) is 5.10. The quantitative estimate of drug-likeness (QED) is 0.816. The first kappa shape index (κ1) is 13.6. The molecule has 1 amide bonds. The summed E-state index contributed by atoms with van der Waals surface area (Å²) in [5, 5.41) is 6.10. The van der Waals surface area contributed by atoms with E-state index < -0.39 is 0 Å². The topological polar surface area (TPSA) is 54.0 Å². The lowest BCUT2D eigenvalue weighted by Gasteiger charge is -2.20. The summed E-state index contributed by atoms with van der Waals surface area (Å²) in [5.41, 5.74) is 0.941. The van der Waals surface area contributed by atoms with E-state index in [1.165, 1.54) is 0 Å². The van der Waals surface area contributed by atoms with Gasteiger partial charge in [0, 0.05) is 18.3 Å². The van der Waals surface area contributed by atoms with E-state index in [1.807, 2.05) is 45.9 Å². The zero-order valence-electron chi connectivity index (χ0n) is 10.9. The summed E-state index contributed by atoms with van der Waals surface area (Å²) in [4.78, 5) is 16.0. The van der Waals surface area contributed by atoms with Gasteiger partial charge in [-0.1, -0.05) is 6.07 Å². The second-order valence-electron chi connectivity index (χ2n) is 4.53. The van der Waals surface area contributed by atoms with Crippen molar-refractivity contribution < 1.29 is 4.79 Å². The van der Waals surface area contributed by atoms with Crippen LogP contribution in [0.4, 0.5) is 0 Å². The first-order valence-electron chi connectivity index (χ1n) is 5.98. The summed E-state index contributed by atoms with van der Waals surface area (Å²) < 4.78 is 0. The van der Waals surface area contributed by atoms with Crippen molar-refractivity contribution in [3.8, 4) is 0 Å². The highest BCUT2D eigenvalue weighted by Gasteiger charge is 2.16. The largest absolute Gasteiger partial charge is 0.353 e. The summed E-state index contributed by atoms with van der Waals surface area (Å²) in [7, 11) is 0. The SMILES string of the molecule is CC(C)NC(=O)C(C)N[C@@H](C)c1ccccn1. The van der Waals surface area contributed by atoms with Gasteiger partial charge in [-0.25, -0.2) is 0 Å². The van der Waals surface area contributed by atoms with E-state index in [2.05, 4.69) is 15.6 Å². The fourth-order valence-corrected chi connectivity index (χ4v) is 1.58. The van der Waals surface area contributed by atoms with E-state index in [9.17, 15) is 4.79 Å². The van der Waals surface area contributed by atoms with Crippen LogP contribution in [0.1, 0.15) is 39.4 Å². The molecule has 2 atom stereocenters. The number of carbonyl (C=O) groups is 1. The number of aromatic nitrogens is 1. The lowest BCUT2D eigenvalue weighted by atomic mass is 10.2. The molecule has 0 aliphatic heterocycles. The lowest BCUT2D eigenvalue weighted by Crippen LogP contribution is -2.45. The molecule has 0 saturated heterocycles. The van der Waals surface area contributed by atoms with Crippen LogP contribution in [0.5, 0.6) is 0 Å². The third kappa shape index (κ3) is 4.53. The predicted molar refractivity (Wildman–Crippen MR) is 68.5 cm³/mol. The van der Waals surface area contributed by atoms with E-state index in [-0.39, 0.29) is 24.0 Å². The van der Waals surface area contributed by atoms with Gasteiger partial charge in [0.2, 0.25) is 5.91 Å². The van der Waals surface area contributed by atoms with Gasteiger partial charge in [-0.05, 0) is 39.8 Å². The van der Waals surface area contributed by atoms with Crippen molar-refractivity contribution in [2.24, 2.45) is 0 Å². The number of hydrogen-bond donors (Lipinski definition) is 2. The highest BCUT2D eigenvalue weighted by molar-refractivity contribution is 5.81. The van der Waals surface area contributed by atoms with E-state index >= 15 is 0 Å². The first-order valence-corrected chi connectivity index (χ1v) is 5.98. The van der Waals surface area contributed by atoms with Gasteiger partial charge in [0.05, 0.1) is 11.7 Å². The third-order valence-corrected chi connectivity index (χ3v) is 2.46. The van der Waals surface area contributed by atoms with Crippen molar-refractivity contribution in [3.63, 3.8) is 0 Å². The van der Waals surface area contributed by atoms with E-state index in [1.54, 1.807) is 6.20 Å². The maximum absolute atomic E-state index is 11.7. The second kappa shape index (κ2) is 6.35. The van der Waals surface area contributed by atoms with Crippen molar-refractivity contribution in [1.82, 2.24) is 15.6 Å². The third-order valence-electron chi connectivity index (χ3n) is 2.46. The minimum absolute atomic E-state index is 0.0165. The maximum atomic E-state index is 11.7. The van der Waals surface area contributed by atoms with Crippen LogP contribution >= 0.6 is 0 Å². The molecule has 4 nitrogen and oxygen atoms in total. The Bertz CT molecular complexity index is 351. The molecule has 2 N–H and O–H groups in total. The van der Waals surface area contributed by atoms with Gasteiger partial charge in [-0.2, -0.15) is 0 Å². The van der Waals surface area contributed by atoms with Crippen LogP contribution in [0.2, 0.25) is 0 Å². The van der Waals surface area contributed by atoms with E-state index in [0.717, 1.165) is 5.69 Å². The smallest absolute Gasteiger partial charge is 0.237 e. The van der Waals surface area contributed by atoms with Crippen LogP contribution in [-0.4, -0.2) is 23.0 Å². The molecule has 1 aromatic heterocycles. The molecule has 1 aromatic rings. The number of amides is 1. The highest BCUT2D eigenvalue weighted by Crippen LogP contribution is 2.08. The van der Waals surface area contributed by atoms with E-state index in [0.29, 0.717) is 0 Å². The molecule has 1 heterocycles. The first-order chi connectivity index (χ1) is 8.00. The van der Waals surface area contributed by atoms with Gasteiger partial charge in [-0.3, -0.25) is 15.1 Å². The highest BCUT2D eigenvalue weighted by atomic mass is 16.2. The molecule has 17 heavy (non-hydrogen) atoms. The monoisotopic (exact) mass is 235 g/mol. The van der Waals surface area contributed by atoms with Crippen molar-refractivity contribution in [2.45, 2.75) is 45.8 Å². The van der Waals surface area contributed by atoms with Gasteiger partial charge < -0.3 is 5.32 Å². The number of pyridine rings is 1. The Morgan fingerprint density at radius 3 is 2.47 bits per heavy atom. The Balaban J connectivity index is 2.51. The predicted octanol–water partition coefficient (Wildman–Crippen LogP) is 1.65. The minimum Gasteiger partial charge on any atom is -0.353 e. The fraction of sp³-hybridized carbons (Fsp3) is 0.538. The molecule has 1 rings (SSSR count). The van der Waals surface area contributed by atoms with Crippen molar-refractivity contribution >= 4 is 5.91 Å². The summed E-state index contributed by atoms with van der Waals surface area (Å²) in [6.45, 7) is 7.76. The zero-order chi connectivity index (χ0) is 12.8. The number of rotatable bonds is 5. The molecule has 0 spiro atoms. The number of nitrogens with one attached hydrogen (secondary N) is 2. The fourth-order valence-electron chi connectivity index (χ4n) is 1.58. The summed E-state index contributed by atoms with van der Waals surface area (Å²) in [6.07, 6.45) is 1.76. The normalized spacial score (nSPS) is 14.4. The van der Waals surface area contributed by atoms with Gasteiger partial charge in [0.1, 0.15) is 0 Å². The number of carbonyl (C=O) groups excluding carboxylic acids is 1. The van der Waals surface area contributed by atoms with Crippen LogP contribution in [0, 0.1) is 0 Å². The maximum Gasteiger partial charge on any atom is 0.237 e. The Morgan fingerprint density at radius 2 is 1.94 bits per heavy atom. The van der Waals surface area contributed by atoms with Crippen LogP contribution in [0.3, 0.4) is 0 Å². The molecular weight excluding hydrogens is 214 g/mol. The summed E-state index contributed by atoms with van der Waals surface area (Å²) in [6, 6.07) is 5.77. The van der Waals surface area contributed by atoms with Gasteiger partial charge in [-0.15, -0.1) is 0 Å². The molecule has 4 heteroatoms. The Hall–Kier alpha value is -1.42. The van der Waals surface area contributed by atoms with E-state index in [4.69, 9.17) is 0 Å². The van der Waals surface area contributed by atoms with Crippen LogP contribution in [0.25, 0.3) is 0 Å². The molecule has 0 aliphatic rings. The summed E-state index contributed by atoms with van der Waals surface area (Å²) in [5.74, 6) is 0.0165. The Labute approximate surface area is 103 Å². The molecule has 1 unspecified atom stereocenters. The van der Waals surface area contributed by atoms with Crippen LogP contribution in [0.15, 0.2) is 24.4 Å². The van der Waals surface area contributed by atoms with Gasteiger partial charge in [0.15, 0.2) is 0 Å². The molecule has 0 aromatic carbocycles. The number of nitrogens with zero attached hydrogens (tertiary/aromatic N) is 1. The number of hydrogen-bond acceptors (Lipinski definition) is 3. The average Bonchev–Trinajstić information content (AvgIpc) is 2.29. The molecule has 0 aliphatic carbocycles. The molecule has 0 saturated carbocycles. The van der Waals surface area contributed by atoms with Crippen molar-refractivity contribution in [2.75, 3.05) is 0 Å². The van der Waals surface area contributed by atoms with Crippen molar-refractivity contribution in [3.05, 3.63) is 30.1 Å². The standard InChI is InChI=1S/C13H21N3O/c1-9(2)15-13(17)11(4)16-10(3)12-7-5-6-8-14-12/h5-11,16H,1-4H3,(H,15,17)/t10-,11?/m0/s1. The molecule has 94 valence electrons. The Morgan fingerprint density at radius 1 is 1.24 bits per heavy atom. The molecule has 0 bridgehead atoms. The van der Waals surface area contributed by atoms with Crippen LogP contribution in [-0.2, 0) is 4.79 Å². The van der Waals surface area contributed by atoms with Gasteiger partial charge >= 0.3 is 0 Å². The van der Waals surface area contributed by atoms with Crippen molar-refractivity contribution in [1.29, 1.82) is 0 Å². The molecular formula is C13H21N3O. The minimum atomic E-state index is -0.227. The zero-order valence-corrected chi connectivity index (χ0v) is 10.9. The second-order valence-corrected chi connectivity index (χ2v) is 4.53. The van der Waals surface area contributed by atoms with Gasteiger partial charge in [0.25, 0.3) is 0 Å². The average molecular weight is 235 g/mol. The molecule has 0 radical (unpaired) electrons. The van der Waals surface area contributed by atoms with Crippen LogP contribution < -0.4 is 10.6 Å². The molecule has 0 fully saturated rings. The summed E-state index contributed by atoms with van der Waals surface area (Å²) >= 11 is 0. The lowest BCUT2D eigenvalue weighted by molar-refractivity contribution is -0.123.